The highest BCUT2D eigenvalue weighted by atomic mass is 35.5. The molecule has 2 aromatic carbocycles. The number of carbonyl (C=O) groups excluding carboxylic acids is 1. The fraction of sp³-hybridized carbons (Fsp3) is 0.417. The monoisotopic (exact) mass is 441 g/mol. The number of nitrogens with zero attached hydrogens (tertiary/aromatic N) is 2. The van der Waals surface area contributed by atoms with Crippen LogP contribution in [0.4, 0.5) is 8.78 Å². The zero-order valence-electron chi connectivity index (χ0n) is 16.8. The molecular formula is C24H22ClF2N3O. The van der Waals surface area contributed by atoms with Crippen LogP contribution in [0.1, 0.15) is 42.1 Å². The Balaban J connectivity index is 1.16. The second-order valence-electron chi connectivity index (χ2n) is 9.28. The molecule has 1 heterocycles. The number of amides is 1. The van der Waals surface area contributed by atoms with Gasteiger partial charge in [0.15, 0.2) is 11.6 Å². The SMILES string of the molecule is O=C(NC(C1CC1)C1[C@H]2CC(n3cnc4cc(F)c(F)cc43)C[C@@H]12)c1ccc(Cl)cc1. The molecule has 160 valence electrons. The highest BCUT2D eigenvalue weighted by molar-refractivity contribution is 6.30. The van der Waals surface area contributed by atoms with Gasteiger partial charge in [-0.15, -0.1) is 0 Å². The van der Waals surface area contributed by atoms with Crippen molar-refractivity contribution < 1.29 is 13.6 Å². The van der Waals surface area contributed by atoms with Gasteiger partial charge in [0.05, 0.1) is 17.4 Å². The number of carbonyl (C=O) groups is 1. The van der Waals surface area contributed by atoms with Crippen LogP contribution in [0.5, 0.6) is 0 Å². The van der Waals surface area contributed by atoms with Gasteiger partial charge in [-0.05, 0) is 73.6 Å². The van der Waals surface area contributed by atoms with Crippen LogP contribution >= 0.6 is 11.6 Å². The minimum atomic E-state index is -0.865. The van der Waals surface area contributed by atoms with Crippen LogP contribution < -0.4 is 5.32 Å². The molecule has 0 aliphatic heterocycles. The molecule has 1 amide bonds. The Morgan fingerprint density at radius 3 is 2.45 bits per heavy atom. The number of fused-ring (bicyclic) bond motifs is 2. The maximum Gasteiger partial charge on any atom is 0.251 e. The molecule has 7 heteroatoms. The van der Waals surface area contributed by atoms with E-state index in [-0.39, 0.29) is 18.0 Å². The van der Waals surface area contributed by atoms with Gasteiger partial charge in [0.1, 0.15) is 0 Å². The quantitative estimate of drug-likeness (QED) is 0.578. The third kappa shape index (κ3) is 3.32. The van der Waals surface area contributed by atoms with Crippen LogP contribution in [0.2, 0.25) is 5.02 Å². The Bertz CT molecular complexity index is 1160. The highest BCUT2D eigenvalue weighted by Crippen LogP contribution is 2.64. The van der Waals surface area contributed by atoms with E-state index in [0.29, 0.717) is 45.3 Å². The van der Waals surface area contributed by atoms with Gasteiger partial charge in [-0.3, -0.25) is 4.79 Å². The third-order valence-corrected chi connectivity index (χ3v) is 7.70. The average molecular weight is 442 g/mol. The van der Waals surface area contributed by atoms with E-state index >= 15 is 0 Å². The smallest absolute Gasteiger partial charge is 0.251 e. The van der Waals surface area contributed by atoms with Crippen LogP contribution in [0.3, 0.4) is 0 Å². The molecule has 31 heavy (non-hydrogen) atoms. The van der Waals surface area contributed by atoms with E-state index in [1.165, 1.54) is 18.9 Å². The molecule has 4 nitrogen and oxygen atoms in total. The summed E-state index contributed by atoms with van der Waals surface area (Å²) < 4.78 is 29.3. The number of hydrogen-bond acceptors (Lipinski definition) is 2. The summed E-state index contributed by atoms with van der Waals surface area (Å²) in [6.45, 7) is 0. The lowest BCUT2D eigenvalue weighted by atomic mass is 9.97. The molecule has 3 aliphatic rings. The molecule has 1 N–H and O–H groups in total. The zero-order valence-corrected chi connectivity index (χ0v) is 17.5. The maximum absolute atomic E-state index is 13.8. The summed E-state index contributed by atoms with van der Waals surface area (Å²) in [5, 5.41) is 3.92. The van der Waals surface area contributed by atoms with Crippen molar-refractivity contribution in [3.8, 4) is 0 Å². The molecule has 6 rings (SSSR count). The van der Waals surface area contributed by atoms with Crippen LogP contribution in [0.25, 0.3) is 11.0 Å². The lowest BCUT2D eigenvalue weighted by molar-refractivity contribution is 0.0921. The Hall–Kier alpha value is -2.47. The molecule has 1 aromatic heterocycles. The van der Waals surface area contributed by atoms with Gasteiger partial charge >= 0.3 is 0 Å². The minimum Gasteiger partial charge on any atom is -0.349 e. The topological polar surface area (TPSA) is 46.9 Å². The first-order valence-electron chi connectivity index (χ1n) is 10.9. The van der Waals surface area contributed by atoms with Crippen molar-refractivity contribution in [1.82, 2.24) is 14.9 Å². The van der Waals surface area contributed by atoms with Gasteiger partial charge in [-0.2, -0.15) is 0 Å². The van der Waals surface area contributed by atoms with E-state index in [1.807, 2.05) is 4.57 Å². The number of hydrogen-bond donors (Lipinski definition) is 1. The molecule has 0 spiro atoms. The maximum atomic E-state index is 13.8. The normalized spacial score (nSPS) is 27.8. The minimum absolute atomic E-state index is 0.0341. The van der Waals surface area contributed by atoms with Crippen molar-refractivity contribution >= 4 is 28.5 Å². The lowest BCUT2D eigenvalue weighted by Gasteiger charge is -2.23. The molecule has 3 aromatic rings. The van der Waals surface area contributed by atoms with Gasteiger partial charge < -0.3 is 9.88 Å². The average Bonchev–Trinajstić information content (AvgIpc) is 3.63. The molecule has 3 aliphatic carbocycles. The zero-order chi connectivity index (χ0) is 21.3. The van der Waals surface area contributed by atoms with E-state index in [0.717, 1.165) is 18.9 Å². The van der Waals surface area contributed by atoms with Gasteiger partial charge in [0, 0.05) is 34.8 Å². The van der Waals surface area contributed by atoms with E-state index < -0.39 is 11.6 Å². The summed E-state index contributed by atoms with van der Waals surface area (Å²) in [7, 11) is 0. The Labute approximate surface area is 183 Å². The highest BCUT2D eigenvalue weighted by Gasteiger charge is 2.61. The Morgan fingerprint density at radius 2 is 1.77 bits per heavy atom. The van der Waals surface area contributed by atoms with Crippen molar-refractivity contribution in [2.75, 3.05) is 0 Å². The van der Waals surface area contributed by atoms with E-state index in [9.17, 15) is 13.6 Å². The van der Waals surface area contributed by atoms with Gasteiger partial charge in [-0.25, -0.2) is 13.8 Å². The fourth-order valence-electron chi connectivity index (χ4n) is 5.76. The van der Waals surface area contributed by atoms with Crippen LogP contribution in [-0.4, -0.2) is 21.5 Å². The van der Waals surface area contributed by atoms with Gasteiger partial charge in [0.2, 0.25) is 0 Å². The van der Waals surface area contributed by atoms with Gasteiger partial charge in [-0.1, -0.05) is 11.6 Å². The van der Waals surface area contributed by atoms with Crippen molar-refractivity contribution in [3.05, 3.63) is 64.9 Å². The van der Waals surface area contributed by atoms with Crippen LogP contribution in [0.15, 0.2) is 42.7 Å². The Kier molecular flexibility index (Phi) is 4.36. The summed E-state index contributed by atoms with van der Waals surface area (Å²) in [6.07, 6.45) is 6.01. The van der Waals surface area contributed by atoms with Crippen molar-refractivity contribution in [2.24, 2.45) is 23.7 Å². The van der Waals surface area contributed by atoms with Crippen molar-refractivity contribution in [1.29, 1.82) is 0 Å². The number of benzene rings is 2. The summed E-state index contributed by atoms with van der Waals surface area (Å²) in [6, 6.07) is 9.87. The number of aromatic nitrogens is 2. The molecule has 3 saturated carbocycles. The molecule has 3 unspecified atom stereocenters. The largest absolute Gasteiger partial charge is 0.349 e. The number of rotatable bonds is 5. The van der Waals surface area contributed by atoms with E-state index in [1.54, 1.807) is 30.6 Å². The molecule has 5 atom stereocenters. The van der Waals surface area contributed by atoms with E-state index in [2.05, 4.69) is 10.3 Å². The standard InChI is InChI=1S/C24H22ClF2N3O/c25-14-5-3-13(4-6-14)24(31)29-23(12-1-2-12)22-16-7-15(8-17(16)22)30-11-28-20-9-18(26)19(27)10-21(20)30/h3-6,9-12,15-17,22-23H,1-2,7-8H2,(H,29,31)/t15?,16-,17+,22?,23?. The second kappa shape index (κ2) is 7.02. The van der Waals surface area contributed by atoms with Crippen molar-refractivity contribution in [3.63, 3.8) is 0 Å². The van der Waals surface area contributed by atoms with Gasteiger partial charge in [0.25, 0.3) is 5.91 Å². The predicted octanol–water partition coefficient (Wildman–Crippen LogP) is 5.37. The third-order valence-electron chi connectivity index (χ3n) is 7.45. The number of halogens is 3. The molecule has 0 radical (unpaired) electrons. The summed E-state index contributed by atoms with van der Waals surface area (Å²) in [5.41, 5.74) is 1.77. The molecule has 0 saturated heterocycles. The van der Waals surface area contributed by atoms with Crippen LogP contribution in [0, 0.1) is 35.3 Å². The predicted molar refractivity (Wildman–Crippen MR) is 114 cm³/mol. The van der Waals surface area contributed by atoms with Crippen molar-refractivity contribution in [2.45, 2.75) is 37.8 Å². The second-order valence-corrected chi connectivity index (χ2v) is 9.72. The number of imidazole rings is 1. The van der Waals surface area contributed by atoms with E-state index in [4.69, 9.17) is 11.6 Å². The fourth-order valence-corrected chi connectivity index (χ4v) is 5.88. The lowest BCUT2D eigenvalue weighted by Crippen LogP contribution is -2.39. The summed E-state index contributed by atoms with van der Waals surface area (Å²) in [4.78, 5) is 17.0. The molecule has 3 fully saturated rings. The first kappa shape index (κ1) is 19.2. The summed E-state index contributed by atoms with van der Waals surface area (Å²) in [5.74, 6) is 0.450. The molecule has 0 bridgehead atoms. The van der Waals surface area contributed by atoms with Crippen LogP contribution in [-0.2, 0) is 0 Å². The summed E-state index contributed by atoms with van der Waals surface area (Å²) >= 11 is 5.94. The first-order valence-corrected chi connectivity index (χ1v) is 11.3. The first-order chi connectivity index (χ1) is 15.0. The Morgan fingerprint density at radius 1 is 1.10 bits per heavy atom. The molecular weight excluding hydrogens is 420 g/mol. The number of nitrogens with one attached hydrogen (secondary N) is 1.